The van der Waals surface area contributed by atoms with Crippen LogP contribution >= 0.6 is 0 Å². The van der Waals surface area contributed by atoms with E-state index in [1.807, 2.05) is 24.5 Å². The lowest BCUT2D eigenvalue weighted by atomic mass is 10.1. The van der Waals surface area contributed by atoms with Crippen LogP contribution in [0.2, 0.25) is 0 Å². The van der Waals surface area contributed by atoms with Crippen LogP contribution in [-0.2, 0) is 0 Å². The highest BCUT2D eigenvalue weighted by Crippen LogP contribution is 2.35. The normalized spacial score (nSPS) is 17.9. The number of hydrogen-bond acceptors (Lipinski definition) is 3. The molecule has 1 aromatic heterocycles. The van der Waals surface area contributed by atoms with Gasteiger partial charge in [-0.05, 0) is 30.9 Å². The molecule has 3 heteroatoms. The van der Waals surface area contributed by atoms with Gasteiger partial charge in [0, 0.05) is 37.7 Å². The summed E-state index contributed by atoms with van der Waals surface area (Å²) in [6.45, 7) is 0.740. The van der Waals surface area contributed by atoms with Crippen LogP contribution in [-0.4, -0.2) is 24.6 Å². The van der Waals surface area contributed by atoms with Crippen molar-refractivity contribution in [1.82, 2.24) is 4.98 Å². The van der Waals surface area contributed by atoms with E-state index in [0.29, 0.717) is 6.04 Å². The molecule has 1 aliphatic carbocycles. The smallest absolute Gasteiger partial charge is 0.0437 e. The summed E-state index contributed by atoms with van der Waals surface area (Å²) in [5.74, 6) is 0.804. The maximum Gasteiger partial charge on any atom is 0.0437 e. The van der Waals surface area contributed by atoms with Crippen LogP contribution in [0.25, 0.3) is 0 Å². The summed E-state index contributed by atoms with van der Waals surface area (Å²) in [4.78, 5) is 6.29. The molecular formula is C11H17N3. The van der Waals surface area contributed by atoms with Gasteiger partial charge in [0.05, 0.1) is 0 Å². The molecule has 14 heavy (non-hydrogen) atoms. The molecule has 0 aromatic carbocycles. The third-order valence-electron chi connectivity index (χ3n) is 2.98. The fourth-order valence-electron chi connectivity index (χ4n) is 1.92. The van der Waals surface area contributed by atoms with Crippen molar-refractivity contribution in [3.63, 3.8) is 0 Å². The van der Waals surface area contributed by atoms with Gasteiger partial charge in [0.25, 0.3) is 0 Å². The summed E-state index contributed by atoms with van der Waals surface area (Å²) in [7, 11) is 2.12. The van der Waals surface area contributed by atoms with Crippen molar-refractivity contribution < 1.29 is 0 Å². The van der Waals surface area contributed by atoms with Gasteiger partial charge < -0.3 is 10.6 Å². The molecule has 0 radical (unpaired) electrons. The number of likely N-dealkylation sites (N-methyl/N-ethyl adjacent to an activating group) is 1. The van der Waals surface area contributed by atoms with Gasteiger partial charge in [-0.15, -0.1) is 0 Å². The fourth-order valence-corrected chi connectivity index (χ4v) is 1.92. The molecule has 2 N–H and O–H groups in total. The molecule has 3 nitrogen and oxygen atoms in total. The second-order valence-corrected chi connectivity index (χ2v) is 3.96. The minimum atomic E-state index is 0.498. The van der Waals surface area contributed by atoms with Crippen molar-refractivity contribution >= 4 is 5.69 Å². The molecule has 1 atom stereocenters. The van der Waals surface area contributed by atoms with E-state index < -0.39 is 0 Å². The van der Waals surface area contributed by atoms with Crippen molar-refractivity contribution in [1.29, 1.82) is 0 Å². The Morgan fingerprint density at radius 2 is 2.14 bits per heavy atom. The van der Waals surface area contributed by atoms with Crippen LogP contribution in [0.4, 0.5) is 5.69 Å². The van der Waals surface area contributed by atoms with E-state index in [1.165, 1.54) is 18.5 Å². The molecule has 1 heterocycles. The molecule has 1 unspecified atom stereocenters. The van der Waals surface area contributed by atoms with Crippen molar-refractivity contribution in [2.75, 3.05) is 18.5 Å². The third-order valence-corrected chi connectivity index (χ3v) is 2.98. The molecule has 0 bridgehead atoms. The summed E-state index contributed by atoms with van der Waals surface area (Å²) in [6, 6.07) is 4.56. The Hall–Kier alpha value is -1.09. The van der Waals surface area contributed by atoms with Gasteiger partial charge in [0.1, 0.15) is 0 Å². The van der Waals surface area contributed by atoms with Crippen molar-refractivity contribution in [2.24, 2.45) is 11.7 Å². The topological polar surface area (TPSA) is 42.2 Å². The van der Waals surface area contributed by atoms with Crippen LogP contribution in [0.1, 0.15) is 12.8 Å². The van der Waals surface area contributed by atoms with Crippen LogP contribution in [0.15, 0.2) is 24.5 Å². The lowest BCUT2D eigenvalue weighted by molar-refractivity contribution is 0.570. The lowest BCUT2D eigenvalue weighted by Crippen LogP contribution is -2.39. The lowest BCUT2D eigenvalue weighted by Gasteiger charge is -2.28. The predicted molar refractivity (Wildman–Crippen MR) is 58.2 cm³/mol. The maximum absolute atomic E-state index is 5.79. The molecule has 0 aliphatic heterocycles. The number of pyridine rings is 1. The summed E-state index contributed by atoms with van der Waals surface area (Å²) in [5.41, 5.74) is 7.01. The van der Waals surface area contributed by atoms with E-state index >= 15 is 0 Å². The van der Waals surface area contributed by atoms with Crippen molar-refractivity contribution in [3.8, 4) is 0 Å². The zero-order chi connectivity index (χ0) is 9.97. The molecule has 0 amide bonds. The Morgan fingerprint density at radius 1 is 1.50 bits per heavy atom. The minimum absolute atomic E-state index is 0.498. The number of hydrogen-bond donors (Lipinski definition) is 1. The van der Waals surface area contributed by atoms with E-state index in [-0.39, 0.29) is 0 Å². The number of nitrogens with two attached hydrogens (primary N) is 1. The van der Waals surface area contributed by atoms with Crippen LogP contribution in [0, 0.1) is 5.92 Å². The standard InChI is InChI=1S/C11H17N3/c1-14(10-4-6-13-7-5-10)11(8-12)9-2-3-9/h4-7,9,11H,2-3,8,12H2,1H3. The van der Waals surface area contributed by atoms with E-state index in [2.05, 4.69) is 16.9 Å². The van der Waals surface area contributed by atoms with E-state index in [1.54, 1.807) is 0 Å². The summed E-state index contributed by atoms with van der Waals surface area (Å²) >= 11 is 0. The van der Waals surface area contributed by atoms with Gasteiger partial charge in [0.2, 0.25) is 0 Å². The highest BCUT2D eigenvalue weighted by atomic mass is 15.2. The Labute approximate surface area is 84.9 Å². The molecule has 1 aliphatic rings. The first-order valence-corrected chi connectivity index (χ1v) is 5.16. The first-order valence-electron chi connectivity index (χ1n) is 5.16. The molecule has 2 rings (SSSR count). The van der Waals surface area contributed by atoms with E-state index in [0.717, 1.165) is 12.5 Å². The molecule has 1 saturated carbocycles. The average molecular weight is 191 g/mol. The molecule has 1 fully saturated rings. The van der Waals surface area contributed by atoms with Gasteiger partial charge in [-0.25, -0.2) is 0 Å². The Morgan fingerprint density at radius 3 is 2.64 bits per heavy atom. The van der Waals surface area contributed by atoms with E-state index in [4.69, 9.17) is 5.73 Å². The van der Waals surface area contributed by atoms with Gasteiger partial charge in [-0.1, -0.05) is 0 Å². The summed E-state index contributed by atoms with van der Waals surface area (Å²) < 4.78 is 0. The van der Waals surface area contributed by atoms with Crippen LogP contribution in [0.5, 0.6) is 0 Å². The predicted octanol–water partition coefficient (Wildman–Crippen LogP) is 1.26. The van der Waals surface area contributed by atoms with Gasteiger partial charge in [-0.3, -0.25) is 4.98 Å². The van der Waals surface area contributed by atoms with Crippen LogP contribution in [0.3, 0.4) is 0 Å². The van der Waals surface area contributed by atoms with Crippen LogP contribution < -0.4 is 10.6 Å². The molecule has 1 aromatic rings. The van der Waals surface area contributed by atoms with E-state index in [9.17, 15) is 0 Å². The summed E-state index contributed by atoms with van der Waals surface area (Å²) in [5, 5.41) is 0. The Bertz CT molecular complexity index is 282. The second kappa shape index (κ2) is 3.96. The molecule has 0 spiro atoms. The van der Waals surface area contributed by atoms with Gasteiger partial charge >= 0.3 is 0 Å². The van der Waals surface area contributed by atoms with Crippen molar-refractivity contribution in [3.05, 3.63) is 24.5 Å². The van der Waals surface area contributed by atoms with Gasteiger partial charge in [-0.2, -0.15) is 0 Å². The monoisotopic (exact) mass is 191 g/mol. The zero-order valence-electron chi connectivity index (χ0n) is 8.56. The summed E-state index contributed by atoms with van der Waals surface area (Å²) in [6.07, 6.45) is 6.31. The minimum Gasteiger partial charge on any atom is -0.370 e. The molecule has 76 valence electrons. The first-order chi connectivity index (χ1) is 6.83. The number of anilines is 1. The SMILES string of the molecule is CN(c1ccncc1)C(CN)C1CC1. The Kier molecular flexibility index (Phi) is 2.68. The number of aromatic nitrogens is 1. The highest BCUT2D eigenvalue weighted by Gasteiger charge is 2.32. The molecular weight excluding hydrogens is 174 g/mol. The zero-order valence-corrected chi connectivity index (χ0v) is 8.56. The number of nitrogens with zero attached hydrogens (tertiary/aromatic N) is 2. The fraction of sp³-hybridized carbons (Fsp3) is 0.545. The highest BCUT2D eigenvalue weighted by molar-refractivity contribution is 5.45. The average Bonchev–Trinajstić information content (AvgIpc) is 3.04. The quantitative estimate of drug-likeness (QED) is 0.779. The van der Waals surface area contributed by atoms with Gasteiger partial charge in [0.15, 0.2) is 0 Å². The van der Waals surface area contributed by atoms with Crippen molar-refractivity contribution in [2.45, 2.75) is 18.9 Å². The first kappa shape index (κ1) is 9.46. The second-order valence-electron chi connectivity index (χ2n) is 3.96. The number of rotatable bonds is 4. The largest absolute Gasteiger partial charge is 0.370 e. The Balaban J connectivity index is 2.09. The third kappa shape index (κ3) is 1.87. The maximum atomic E-state index is 5.79. The molecule has 0 saturated heterocycles.